The van der Waals surface area contributed by atoms with E-state index in [4.69, 9.17) is 4.42 Å². The number of phenolic OH excluding ortho intramolecular Hbond substituents is 1. The molecule has 1 heterocycles. The first-order valence-electron chi connectivity index (χ1n) is 5.59. The van der Waals surface area contributed by atoms with Crippen molar-refractivity contribution in [1.82, 2.24) is 10.3 Å². The molecular weight excluding hydrogens is 216 g/mol. The Morgan fingerprint density at radius 3 is 2.82 bits per heavy atom. The molecule has 4 nitrogen and oxygen atoms in total. The van der Waals surface area contributed by atoms with E-state index >= 15 is 0 Å². The van der Waals surface area contributed by atoms with E-state index in [0.29, 0.717) is 18.2 Å². The van der Waals surface area contributed by atoms with Gasteiger partial charge >= 0.3 is 0 Å². The number of aromatic nitrogens is 1. The summed E-state index contributed by atoms with van der Waals surface area (Å²) in [5.74, 6) is 1.77. The third-order valence-electron chi connectivity index (χ3n) is 2.60. The molecule has 4 heteroatoms. The zero-order valence-corrected chi connectivity index (χ0v) is 9.97. The van der Waals surface area contributed by atoms with Gasteiger partial charge in [-0.3, -0.25) is 0 Å². The lowest BCUT2D eigenvalue weighted by Crippen LogP contribution is -2.18. The summed E-state index contributed by atoms with van der Waals surface area (Å²) in [6, 6.07) is 7.28. The van der Waals surface area contributed by atoms with Crippen molar-refractivity contribution >= 4 is 0 Å². The SMILES string of the molecule is Cc1cnc(C(C)NCc2ccccc2O)o1. The van der Waals surface area contributed by atoms with E-state index in [1.54, 1.807) is 18.3 Å². The molecule has 0 radical (unpaired) electrons. The Morgan fingerprint density at radius 2 is 2.18 bits per heavy atom. The first-order chi connectivity index (χ1) is 8.16. The zero-order chi connectivity index (χ0) is 12.3. The van der Waals surface area contributed by atoms with E-state index in [2.05, 4.69) is 10.3 Å². The van der Waals surface area contributed by atoms with E-state index in [0.717, 1.165) is 11.3 Å². The number of hydrogen-bond donors (Lipinski definition) is 2. The Bertz CT molecular complexity index is 494. The van der Waals surface area contributed by atoms with Crippen molar-refractivity contribution in [3.05, 3.63) is 47.7 Å². The molecule has 2 aromatic rings. The van der Waals surface area contributed by atoms with Crippen LogP contribution >= 0.6 is 0 Å². The van der Waals surface area contributed by atoms with Gasteiger partial charge in [0.15, 0.2) is 0 Å². The molecular formula is C13H16N2O2. The summed E-state index contributed by atoms with van der Waals surface area (Å²) in [6.45, 7) is 4.42. The zero-order valence-electron chi connectivity index (χ0n) is 9.97. The summed E-state index contributed by atoms with van der Waals surface area (Å²) >= 11 is 0. The van der Waals surface area contributed by atoms with Gasteiger partial charge in [-0.05, 0) is 19.9 Å². The van der Waals surface area contributed by atoms with Gasteiger partial charge in [-0.15, -0.1) is 0 Å². The number of rotatable bonds is 4. The highest BCUT2D eigenvalue weighted by Crippen LogP contribution is 2.17. The number of oxazole rings is 1. The third-order valence-corrected chi connectivity index (χ3v) is 2.60. The summed E-state index contributed by atoms with van der Waals surface area (Å²) < 4.78 is 5.43. The Morgan fingerprint density at radius 1 is 1.41 bits per heavy atom. The van der Waals surface area contributed by atoms with Crippen LogP contribution in [0.15, 0.2) is 34.9 Å². The fourth-order valence-electron chi connectivity index (χ4n) is 1.58. The highest BCUT2D eigenvalue weighted by atomic mass is 16.4. The van der Waals surface area contributed by atoms with Gasteiger partial charge in [0.05, 0.1) is 12.2 Å². The van der Waals surface area contributed by atoms with Crippen molar-refractivity contribution in [1.29, 1.82) is 0 Å². The van der Waals surface area contributed by atoms with Crippen LogP contribution in [-0.4, -0.2) is 10.1 Å². The standard InChI is InChI=1S/C13H16N2O2/c1-9-7-15-13(17-9)10(2)14-8-11-5-3-4-6-12(11)16/h3-7,10,14,16H,8H2,1-2H3. The smallest absolute Gasteiger partial charge is 0.211 e. The molecule has 90 valence electrons. The van der Waals surface area contributed by atoms with E-state index in [9.17, 15) is 5.11 Å². The van der Waals surface area contributed by atoms with Crippen LogP contribution in [0.4, 0.5) is 0 Å². The van der Waals surface area contributed by atoms with Crippen molar-refractivity contribution in [3.8, 4) is 5.75 Å². The molecule has 1 atom stereocenters. The van der Waals surface area contributed by atoms with E-state index in [-0.39, 0.29) is 6.04 Å². The first kappa shape index (κ1) is 11.7. The lowest BCUT2D eigenvalue weighted by molar-refractivity contribution is 0.398. The minimum absolute atomic E-state index is 0.0170. The molecule has 0 aliphatic rings. The van der Waals surface area contributed by atoms with Gasteiger partial charge in [0, 0.05) is 12.1 Å². The summed E-state index contributed by atoms with van der Waals surface area (Å²) in [6.07, 6.45) is 1.70. The predicted octanol–water partition coefficient (Wildman–Crippen LogP) is 2.54. The first-order valence-corrected chi connectivity index (χ1v) is 5.59. The molecule has 0 saturated carbocycles. The van der Waals surface area contributed by atoms with Crippen molar-refractivity contribution in [2.45, 2.75) is 26.4 Å². The van der Waals surface area contributed by atoms with E-state index in [1.165, 1.54) is 0 Å². The molecule has 0 fully saturated rings. The lowest BCUT2D eigenvalue weighted by Gasteiger charge is -2.11. The Kier molecular flexibility index (Phi) is 3.44. The second-order valence-electron chi connectivity index (χ2n) is 4.04. The molecule has 0 spiro atoms. The highest BCUT2D eigenvalue weighted by molar-refractivity contribution is 5.31. The minimum atomic E-state index is 0.0170. The number of aryl methyl sites for hydroxylation is 1. The largest absolute Gasteiger partial charge is 0.508 e. The Labute approximate surface area is 100 Å². The van der Waals surface area contributed by atoms with Gasteiger partial charge in [0.2, 0.25) is 5.89 Å². The van der Waals surface area contributed by atoms with Crippen LogP contribution in [0.3, 0.4) is 0 Å². The molecule has 2 N–H and O–H groups in total. The second kappa shape index (κ2) is 5.01. The molecule has 0 amide bonds. The van der Waals surface area contributed by atoms with Gasteiger partial charge in [0.25, 0.3) is 0 Å². The monoisotopic (exact) mass is 232 g/mol. The van der Waals surface area contributed by atoms with Gasteiger partial charge in [0.1, 0.15) is 11.5 Å². The fourth-order valence-corrected chi connectivity index (χ4v) is 1.58. The Balaban J connectivity index is 1.97. The topological polar surface area (TPSA) is 58.3 Å². The van der Waals surface area contributed by atoms with Crippen LogP contribution < -0.4 is 5.32 Å². The van der Waals surface area contributed by atoms with Gasteiger partial charge in [-0.1, -0.05) is 18.2 Å². The number of nitrogens with one attached hydrogen (secondary N) is 1. The molecule has 0 saturated heterocycles. The Hall–Kier alpha value is -1.81. The van der Waals surface area contributed by atoms with Crippen molar-refractivity contribution in [3.63, 3.8) is 0 Å². The van der Waals surface area contributed by atoms with Crippen LogP contribution in [0.5, 0.6) is 5.75 Å². The average molecular weight is 232 g/mol. The van der Waals surface area contributed by atoms with Crippen molar-refractivity contribution < 1.29 is 9.52 Å². The molecule has 1 unspecified atom stereocenters. The normalized spacial score (nSPS) is 12.6. The number of aromatic hydroxyl groups is 1. The molecule has 17 heavy (non-hydrogen) atoms. The van der Waals surface area contributed by atoms with Crippen molar-refractivity contribution in [2.75, 3.05) is 0 Å². The number of hydrogen-bond acceptors (Lipinski definition) is 4. The van der Waals surface area contributed by atoms with Crippen molar-refractivity contribution in [2.24, 2.45) is 0 Å². The van der Waals surface area contributed by atoms with Gasteiger partial charge in [-0.25, -0.2) is 4.98 Å². The minimum Gasteiger partial charge on any atom is -0.508 e. The highest BCUT2D eigenvalue weighted by Gasteiger charge is 2.11. The summed E-state index contributed by atoms with van der Waals surface area (Å²) in [4.78, 5) is 4.16. The van der Waals surface area contributed by atoms with Crippen LogP contribution in [-0.2, 0) is 6.54 Å². The predicted molar refractivity (Wildman–Crippen MR) is 64.6 cm³/mol. The van der Waals surface area contributed by atoms with E-state index < -0.39 is 0 Å². The van der Waals surface area contributed by atoms with Crippen LogP contribution in [0.1, 0.15) is 30.2 Å². The van der Waals surface area contributed by atoms with Crippen LogP contribution in [0.2, 0.25) is 0 Å². The fraction of sp³-hybridized carbons (Fsp3) is 0.308. The van der Waals surface area contributed by atoms with E-state index in [1.807, 2.05) is 26.0 Å². The summed E-state index contributed by atoms with van der Waals surface area (Å²) in [5, 5.41) is 12.9. The summed E-state index contributed by atoms with van der Waals surface area (Å²) in [7, 11) is 0. The number of benzene rings is 1. The maximum Gasteiger partial charge on any atom is 0.211 e. The number of nitrogens with zero attached hydrogens (tertiary/aromatic N) is 1. The molecule has 0 bridgehead atoms. The molecule has 1 aromatic carbocycles. The molecule has 1 aromatic heterocycles. The van der Waals surface area contributed by atoms with Gasteiger partial charge < -0.3 is 14.8 Å². The quantitative estimate of drug-likeness (QED) is 0.850. The van der Waals surface area contributed by atoms with Gasteiger partial charge in [-0.2, -0.15) is 0 Å². The second-order valence-corrected chi connectivity index (χ2v) is 4.04. The third kappa shape index (κ3) is 2.85. The summed E-state index contributed by atoms with van der Waals surface area (Å²) in [5.41, 5.74) is 0.864. The lowest BCUT2D eigenvalue weighted by atomic mass is 10.2. The van der Waals surface area contributed by atoms with Crippen LogP contribution in [0, 0.1) is 6.92 Å². The number of phenols is 1. The number of para-hydroxylation sites is 1. The maximum absolute atomic E-state index is 9.62. The molecule has 0 aliphatic heterocycles. The molecule has 2 rings (SSSR count). The maximum atomic E-state index is 9.62. The van der Waals surface area contributed by atoms with Crippen LogP contribution in [0.25, 0.3) is 0 Å². The average Bonchev–Trinajstić information content (AvgIpc) is 2.74. The molecule has 0 aliphatic carbocycles.